The largest absolute Gasteiger partial charge is 0.385 e. The molecule has 88 valence electrons. The number of benzene rings is 1. The predicted octanol–water partition coefficient (Wildman–Crippen LogP) is 4.69. The Morgan fingerprint density at radius 2 is 1.75 bits per heavy atom. The van der Waals surface area contributed by atoms with E-state index in [4.69, 9.17) is 0 Å². The molecule has 16 heavy (non-hydrogen) atoms. The average molecular weight is 282 g/mol. The summed E-state index contributed by atoms with van der Waals surface area (Å²) >= 11 is 3.45. The number of nitrogens with one attached hydrogen (secondary N) is 1. The molecule has 0 atom stereocenters. The van der Waals surface area contributed by atoms with Crippen molar-refractivity contribution in [1.82, 2.24) is 0 Å². The molecule has 1 saturated carbocycles. The summed E-state index contributed by atoms with van der Waals surface area (Å²) in [5.41, 5.74) is 1.24. The van der Waals surface area contributed by atoms with E-state index in [-0.39, 0.29) is 0 Å². The van der Waals surface area contributed by atoms with Crippen LogP contribution < -0.4 is 5.32 Å². The van der Waals surface area contributed by atoms with Gasteiger partial charge in [-0.2, -0.15) is 0 Å². The minimum Gasteiger partial charge on any atom is -0.385 e. The SMILES string of the molecule is CC1CCC(CNc2ccc(Br)cc2)CC1. The standard InChI is InChI=1S/C14H20BrN/c1-11-2-4-12(5-3-11)10-16-14-8-6-13(15)7-9-14/h6-9,11-12,16H,2-5,10H2,1H3. The molecule has 0 saturated heterocycles. The topological polar surface area (TPSA) is 12.0 Å². The van der Waals surface area contributed by atoms with E-state index in [0.717, 1.165) is 22.9 Å². The number of hydrogen-bond donors (Lipinski definition) is 1. The lowest BCUT2D eigenvalue weighted by atomic mass is 9.83. The first-order chi connectivity index (χ1) is 7.74. The van der Waals surface area contributed by atoms with Gasteiger partial charge in [-0.1, -0.05) is 35.7 Å². The van der Waals surface area contributed by atoms with Crippen LogP contribution in [0.2, 0.25) is 0 Å². The number of halogens is 1. The fraction of sp³-hybridized carbons (Fsp3) is 0.571. The molecule has 0 unspecified atom stereocenters. The Morgan fingerprint density at radius 1 is 1.12 bits per heavy atom. The first kappa shape index (κ1) is 12.0. The highest BCUT2D eigenvalue weighted by Crippen LogP contribution is 2.28. The molecule has 0 bridgehead atoms. The summed E-state index contributed by atoms with van der Waals surface area (Å²) in [5, 5.41) is 3.54. The minimum atomic E-state index is 0.875. The van der Waals surface area contributed by atoms with E-state index in [1.54, 1.807) is 0 Å². The fourth-order valence-corrected chi connectivity index (χ4v) is 2.63. The van der Waals surface area contributed by atoms with Crippen LogP contribution in [0, 0.1) is 11.8 Å². The summed E-state index contributed by atoms with van der Waals surface area (Å²) in [5.74, 6) is 1.82. The molecule has 0 aliphatic heterocycles. The van der Waals surface area contributed by atoms with Crippen LogP contribution in [0.5, 0.6) is 0 Å². The van der Waals surface area contributed by atoms with Crippen molar-refractivity contribution < 1.29 is 0 Å². The highest BCUT2D eigenvalue weighted by molar-refractivity contribution is 9.10. The van der Waals surface area contributed by atoms with Crippen LogP contribution >= 0.6 is 15.9 Å². The van der Waals surface area contributed by atoms with E-state index >= 15 is 0 Å². The second kappa shape index (κ2) is 5.72. The monoisotopic (exact) mass is 281 g/mol. The van der Waals surface area contributed by atoms with Crippen LogP contribution in [0.1, 0.15) is 32.6 Å². The van der Waals surface area contributed by atoms with Crippen molar-refractivity contribution >= 4 is 21.6 Å². The first-order valence-corrected chi connectivity index (χ1v) is 7.03. The number of hydrogen-bond acceptors (Lipinski definition) is 1. The molecule has 1 N–H and O–H groups in total. The van der Waals surface area contributed by atoms with Gasteiger partial charge in [0.1, 0.15) is 0 Å². The van der Waals surface area contributed by atoms with Crippen LogP contribution in [-0.2, 0) is 0 Å². The van der Waals surface area contributed by atoms with Gasteiger partial charge >= 0.3 is 0 Å². The summed E-state index contributed by atoms with van der Waals surface area (Å²) in [4.78, 5) is 0. The molecule has 0 aromatic heterocycles. The maximum atomic E-state index is 3.54. The Bertz CT molecular complexity index is 312. The Balaban J connectivity index is 1.77. The summed E-state index contributed by atoms with van der Waals surface area (Å²) in [6.07, 6.45) is 5.61. The Morgan fingerprint density at radius 3 is 2.38 bits per heavy atom. The summed E-state index contributed by atoms with van der Waals surface area (Å²) in [6, 6.07) is 8.45. The number of anilines is 1. The van der Waals surface area contributed by atoms with Crippen LogP contribution in [-0.4, -0.2) is 6.54 Å². The maximum absolute atomic E-state index is 3.54. The molecule has 2 rings (SSSR count). The second-order valence-electron chi connectivity index (χ2n) is 5.01. The van der Waals surface area contributed by atoms with Crippen LogP contribution in [0.15, 0.2) is 28.7 Å². The van der Waals surface area contributed by atoms with Crippen molar-refractivity contribution in [3.05, 3.63) is 28.7 Å². The van der Waals surface area contributed by atoms with E-state index in [1.165, 1.54) is 31.4 Å². The van der Waals surface area contributed by atoms with E-state index in [2.05, 4.69) is 52.4 Å². The lowest BCUT2D eigenvalue weighted by Gasteiger charge is -2.26. The molecular formula is C14H20BrN. The van der Waals surface area contributed by atoms with Crippen molar-refractivity contribution in [3.8, 4) is 0 Å². The van der Waals surface area contributed by atoms with Gasteiger partial charge in [0, 0.05) is 16.7 Å². The van der Waals surface area contributed by atoms with Crippen LogP contribution in [0.25, 0.3) is 0 Å². The third-order valence-corrected chi connectivity index (χ3v) is 4.10. The molecule has 0 spiro atoms. The minimum absolute atomic E-state index is 0.875. The quantitative estimate of drug-likeness (QED) is 0.848. The third-order valence-electron chi connectivity index (χ3n) is 3.57. The smallest absolute Gasteiger partial charge is 0.0341 e. The Kier molecular flexibility index (Phi) is 4.28. The lowest BCUT2D eigenvalue weighted by Crippen LogP contribution is -2.20. The zero-order valence-corrected chi connectivity index (χ0v) is 11.5. The van der Waals surface area contributed by atoms with Gasteiger partial charge < -0.3 is 5.32 Å². The zero-order chi connectivity index (χ0) is 11.4. The van der Waals surface area contributed by atoms with Gasteiger partial charge in [0.05, 0.1) is 0 Å². The molecule has 1 aromatic carbocycles. The molecule has 1 aromatic rings. The highest BCUT2D eigenvalue weighted by atomic mass is 79.9. The normalized spacial score (nSPS) is 25.4. The van der Waals surface area contributed by atoms with Crippen LogP contribution in [0.3, 0.4) is 0 Å². The molecule has 0 radical (unpaired) electrons. The van der Waals surface area contributed by atoms with Gasteiger partial charge in [-0.3, -0.25) is 0 Å². The molecule has 0 heterocycles. The second-order valence-corrected chi connectivity index (χ2v) is 5.93. The zero-order valence-electron chi connectivity index (χ0n) is 9.88. The highest BCUT2D eigenvalue weighted by Gasteiger charge is 2.17. The van der Waals surface area contributed by atoms with E-state index in [9.17, 15) is 0 Å². The van der Waals surface area contributed by atoms with Gasteiger partial charge in [-0.05, 0) is 48.9 Å². The van der Waals surface area contributed by atoms with Gasteiger partial charge in [0.2, 0.25) is 0 Å². The number of rotatable bonds is 3. The Labute approximate surface area is 107 Å². The molecule has 1 aliphatic carbocycles. The fourth-order valence-electron chi connectivity index (χ4n) is 2.36. The molecule has 1 fully saturated rings. The summed E-state index contributed by atoms with van der Waals surface area (Å²) in [7, 11) is 0. The van der Waals surface area contributed by atoms with Crippen molar-refractivity contribution in [2.45, 2.75) is 32.6 Å². The summed E-state index contributed by atoms with van der Waals surface area (Å²) < 4.78 is 1.14. The summed E-state index contributed by atoms with van der Waals surface area (Å²) in [6.45, 7) is 3.51. The van der Waals surface area contributed by atoms with E-state index in [0.29, 0.717) is 0 Å². The van der Waals surface area contributed by atoms with Crippen molar-refractivity contribution in [2.75, 3.05) is 11.9 Å². The van der Waals surface area contributed by atoms with Gasteiger partial charge in [0.25, 0.3) is 0 Å². The maximum Gasteiger partial charge on any atom is 0.0341 e. The van der Waals surface area contributed by atoms with Gasteiger partial charge in [0.15, 0.2) is 0 Å². The van der Waals surface area contributed by atoms with Crippen LogP contribution in [0.4, 0.5) is 5.69 Å². The molecule has 1 nitrogen and oxygen atoms in total. The Hall–Kier alpha value is -0.500. The first-order valence-electron chi connectivity index (χ1n) is 6.23. The van der Waals surface area contributed by atoms with Crippen molar-refractivity contribution in [2.24, 2.45) is 11.8 Å². The van der Waals surface area contributed by atoms with E-state index < -0.39 is 0 Å². The van der Waals surface area contributed by atoms with Crippen molar-refractivity contribution in [1.29, 1.82) is 0 Å². The lowest BCUT2D eigenvalue weighted by molar-refractivity contribution is 0.300. The molecule has 0 amide bonds. The third kappa shape index (κ3) is 3.51. The van der Waals surface area contributed by atoms with E-state index in [1.807, 2.05) is 0 Å². The average Bonchev–Trinajstić information content (AvgIpc) is 2.30. The predicted molar refractivity (Wildman–Crippen MR) is 73.8 cm³/mol. The van der Waals surface area contributed by atoms with Gasteiger partial charge in [-0.15, -0.1) is 0 Å². The van der Waals surface area contributed by atoms with Crippen molar-refractivity contribution in [3.63, 3.8) is 0 Å². The molecule has 2 heteroatoms. The molecular weight excluding hydrogens is 262 g/mol. The van der Waals surface area contributed by atoms with Gasteiger partial charge in [-0.25, -0.2) is 0 Å². The molecule has 1 aliphatic rings.